The van der Waals surface area contributed by atoms with Gasteiger partial charge in [0.25, 0.3) is 11.8 Å². The maximum Gasteiger partial charge on any atom is 0.348 e. The minimum Gasteiger partial charge on any atom is -0.460 e. The molecular formula is C18H20N2O7S2. The number of thiophene rings is 2. The van der Waals surface area contributed by atoms with E-state index in [1.54, 1.807) is 12.1 Å². The minimum atomic E-state index is -0.738. The first-order chi connectivity index (χ1) is 13.7. The Balaban J connectivity index is 2.10. The van der Waals surface area contributed by atoms with Crippen molar-refractivity contribution in [3.63, 3.8) is 0 Å². The van der Waals surface area contributed by atoms with Gasteiger partial charge in [0.15, 0.2) is 6.61 Å². The molecule has 0 saturated heterocycles. The minimum absolute atomic E-state index is 0.00174. The standard InChI is InChI=1S/C18H20N2O7S2/c1-9-4-5-11(28-9)17(23)27-8-12(21)20-16-13(18(24)26-7-6-25-3)10(2)14(29-16)15(19)22/h4-5H,6-8H2,1-3H3,(H2,19,22)(H,20,21). The number of methoxy groups -OCH3 is 1. The molecule has 0 aliphatic carbocycles. The van der Waals surface area contributed by atoms with Crippen LogP contribution in [0.3, 0.4) is 0 Å². The summed E-state index contributed by atoms with van der Waals surface area (Å²) >= 11 is 2.10. The fourth-order valence-corrected chi connectivity index (χ4v) is 4.11. The molecule has 0 fully saturated rings. The third-order valence-electron chi connectivity index (χ3n) is 3.62. The van der Waals surface area contributed by atoms with E-state index in [4.69, 9.17) is 19.9 Å². The molecule has 2 aromatic rings. The summed E-state index contributed by atoms with van der Waals surface area (Å²) in [6.07, 6.45) is 0. The zero-order valence-corrected chi connectivity index (χ0v) is 17.7. The topological polar surface area (TPSA) is 134 Å². The third kappa shape index (κ3) is 5.86. The first-order valence-corrected chi connectivity index (χ1v) is 10.0. The number of nitrogens with one attached hydrogen (secondary N) is 1. The Kier molecular flexibility index (Phi) is 7.88. The van der Waals surface area contributed by atoms with Crippen LogP contribution in [-0.4, -0.2) is 50.7 Å². The molecule has 0 spiro atoms. The summed E-state index contributed by atoms with van der Waals surface area (Å²) in [7, 11) is 1.46. The number of amides is 2. The Morgan fingerprint density at radius 2 is 1.76 bits per heavy atom. The van der Waals surface area contributed by atoms with Crippen molar-refractivity contribution in [2.75, 3.05) is 32.2 Å². The molecular weight excluding hydrogens is 420 g/mol. The molecule has 0 saturated carbocycles. The number of aryl methyl sites for hydroxylation is 1. The highest BCUT2D eigenvalue weighted by molar-refractivity contribution is 7.18. The van der Waals surface area contributed by atoms with Crippen molar-refractivity contribution in [1.29, 1.82) is 0 Å². The summed E-state index contributed by atoms with van der Waals surface area (Å²) in [4.78, 5) is 49.6. The molecule has 2 amide bonds. The molecule has 2 heterocycles. The highest BCUT2D eigenvalue weighted by Gasteiger charge is 2.26. The second-order valence-corrected chi connectivity index (χ2v) is 8.10. The van der Waals surface area contributed by atoms with E-state index >= 15 is 0 Å². The van der Waals surface area contributed by atoms with E-state index in [0.717, 1.165) is 16.2 Å². The zero-order valence-electron chi connectivity index (χ0n) is 16.0. The Morgan fingerprint density at radius 3 is 2.34 bits per heavy atom. The first kappa shape index (κ1) is 22.5. The van der Waals surface area contributed by atoms with Gasteiger partial charge in [-0.15, -0.1) is 22.7 Å². The van der Waals surface area contributed by atoms with Crippen LogP contribution in [0.15, 0.2) is 12.1 Å². The van der Waals surface area contributed by atoms with E-state index in [-0.39, 0.29) is 28.7 Å². The average Bonchev–Trinajstić information content (AvgIpc) is 3.23. The molecule has 0 aliphatic heterocycles. The predicted molar refractivity (Wildman–Crippen MR) is 108 cm³/mol. The number of anilines is 1. The Bertz CT molecular complexity index is 933. The van der Waals surface area contributed by atoms with Crippen molar-refractivity contribution in [1.82, 2.24) is 0 Å². The van der Waals surface area contributed by atoms with Gasteiger partial charge in [0, 0.05) is 12.0 Å². The number of carbonyl (C=O) groups is 4. The van der Waals surface area contributed by atoms with Gasteiger partial charge in [0.1, 0.15) is 16.5 Å². The summed E-state index contributed by atoms with van der Waals surface area (Å²) in [6, 6.07) is 3.37. The van der Waals surface area contributed by atoms with Gasteiger partial charge in [0.05, 0.1) is 17.0 Å². The SMILES string of the molecule is COCCOC(=O)c1c(NC(=O)COC(=O)c2ccc(C)s2)sc(C(N)=O)c1C. The molecule has 0 radical (unpaired) electrons. The van der Waals surface area contributed by atoms with Gasteiger partial charge >= 0.3 is 11.9 Å². The summed E-state index contributed by atoms with van der Waals surface area (Å²) in [5.74, 6) is -2.77. The molecule has 0 atom stereocenters. The highest BCUT2D eigenvalue weighted by atomic mass is 32.1. The Hall–Kier alpha value is -2.76. The van der Waals surface area contributed by atoms with Crippen molar-refractivity contribution >= 4 is 51.4 Å². The van der Waals surface area contributed by atoms with Gasteiger partial charge < -0.3 is 25.3 Å². The van der Waals surface area contributed by atoms with Crippen molar-refractivity contribution < 1.29 is 33.4 Å². The van der Waals surface area contributed by atoms with Gasteiger partial charge in [-0.3, -0.25) is 9.59 Å². The van der Waals surface area contributed by atoms with Gasteiger partial charge in [-0.2, -0.15) is 0 Å². The maximum absolute atomic E-state index is 12.4. The molecule has 0 aromatic carbocycles. The van der Waals surface area contributed by atoms with E-state index in [1.807, 2.05) is 6.92 Å². The van der Waals surface area contributed by atoms with Gasteiger partial charge in [-0.25, -0.2) is 9.59 Å². The molecule has 156 valence electrons. The van der Waals surface area contributed by atoms with Crippen LogP contribution in [-0.2, 0) is 19.0 Å². The van der Waals surface area contributed by atoms with Crippen LogP contribution in [0.5, 0.6) is 0 Å². The van der Waals surface area contributed by atoms with Gasteiger partial charge in [-0.1, -0.05) is 0 Å². The lowest BCUT2D eigenvalue weighted by Crippen LogP contribution is -2.21. The molecule has 2 aromatic heterocycles. The lowest BCUT2D eigenvalue weighted by atomic mass is 10.1. The van der Waals surface area contributed by atoms with Crippen LogP contribution in [0, 0.1) is 13.8 Å². The van der Waals surface area contributed by atoms with Crippen LogP contribution < -0.4 is 11.1 Å². The molecule has 2 rings (SSSR count). The van der Waals surface area contributed by atoms with E-state index in [0.29, 0.717) is 10.4 Å². The lowest BCUT2D eigenvalue weighted by molar-refractivity contribution is -0.119. The fraction of sp³-hybridized carbons (Fsp3) is 0.333. The number of hydrogen-bond acceptors (Lipinski definition) is 9. The third-order valence-corrected chi connectivity index (χ3v) is 5.83. The summed E-state index contributed by atoms with van der Waals surface area (Å²) in [5, 5.41) is 2.57. The van der Waals surface area contributed by atoms with Crippen LogP contribution in [0.4, 0.5) is 5.00 Å². The molecule has 0 unspecified atom stereocenters. The van der Waals surface area contributed by atoms with E-state index in [9.17, 15) is 19.2 Å². The Labute approximate surface area is 174 Å². The van der Waals surface area contributed by atoms with E-state index in [2.05, 4.69) is 5.32 Å². The zero-order chi connectivity index (χ0) is 21.6. The van der Waals surface area contributed by atoms with E-state index in [1.165, 1.54) is 25.4 Å². The molecule has 29 heavy (non-hydrogen) atoms. The summed E-state index contributed by atoms with van der Waals surface area (Å²) in [6.45, 7) is 3.01. The number of hydrogen-bond donors (Lipinski definition) is 2. The summed E-state index contributed by atoms with van der Waals surface area (Å²) in [5.41, 5.74) is 5.65. The molecule has 11 heteroatoms. The van der Waals surface area contributed by atoms with Crippen LogP contribution in [0.2, 0.25) is 0 Å². The lowest BCUT2D eigenvalue weighted by Gasteiger charge is -2.08. The maximum atomic E-state index is 12.4. The van der Waals surface area contributed by atoms with Crippen LogP contribution >= 0.6 is 22.7 Å². The monoisotopic (exact) mass is 440 g/mol. The number of rotatable bonds is 9. The number of primary amides is 1. The van der Waals surface area contributed by atoms with Gasteiger partial charge in [-0.05, 0) is 31.5 Å². The largest absolute Gasteiger partial charge is 0.460 e. The van der Waals surface area contributed by atoms with Crippen molar-refractivity contribution in [2.45, 2.75) is 13.8 Å². The quantitative estimate of drug-likeness (QED) is 0.450. The first-order valence-electron chi connectivity index (χ1n) is 8.37. The Morgan fingerprint density at radius 1 is 1.03 bits per heavy atom. The predicted octanol–water partition coefficient (Wildman–Crippen LogP) is 2.12. The van der Waals surface area contributed by atoms with Crippen LogP contribution in [0.1, 0.15) is 40.1 Å². The van der Waals surface area contributed by atoms with E-state index < -0.39 is 30.4 Å². The van der Waals surface area contributed by atoms with Gasteiger partial charge in [0.2, 0.25) is 0 Å². The smallest absolute Gasteiger partial charge is 0.348 e. The number of carbonyl (C=O) groups excluding carboxylic acids is 4. The number of nitrogens with two attached hydrogens (primary N) is 1. The molecule has 0 bridgehead atoms. The second-order valence-electron chi connectivity index (χ2n) is 5.79. The van der Waals surface area contributed by atoms with Crippen molar-refractivity contribution in [3.05, 3.63) is 37.9 Å². The number of ether oxygens (including phenoxy) is 3. The molecule has 0 aliphatic rings. The van der Waals surface area contributed by atoms with Crippen LogP contribution in [0.25, 0.3) is 0 Å². The number of esters is 2. The molecule has 9 nitrogen and oxygen atoms in total. The summed E-state index contributed by atoms with van der Waals surface area (Å²) < 4.78 is 14.9. The van der Waals surface area contributed by atoms with Crippen molar-refractivity contribution in [2.24, 2.45) is 5.73 Å². The normalized spacial score (nSPS) is 10.4. The molecule has 3 N–H and O–H groups in total. The second kappa shape index (κ2) is 10.1. The van der Waals surface area contributed by atoms with Crippen molar-refractivity contribution in [3.8, 4) is 0 Å². The fourth-order valence-electron chi connectivity index (χ4n) is 2.28. The average molecular weight is 440 g/mol. The highest BCUT2D eigenvalue weighted by Crippen LogP contribution is 2.33.